The molecule has 1 aromatic carbocycles. The number of aryl methyl sites for hydroxylation is 1. The number of nitrogens with one attached hydrogen (secondary N) is 1. The lowest BCUT2D eigenvalue weighted by molar-refractivity contribution is -0.158. The predicted molar refractivity (Wildman–Crippen MR) is 194 cm³/mol. The van der Waals surface area contributed by atoms with Crippen LogP contribution in [0, 0.1) is 28.6 Å². The third-order valence-electron chi connectivity index (χ3n) is 12.7. The zero-order chi connectivity index (χ0) is 38.1. The van der Waals surface area contributed by atoms with Gasteiger partial charge in [-0.3, -0.25) is 28.8 Å². The van der Waals surface area contributed by atoms with Crippen LogP contribution < -0.4 is 4.72 Å². The molecular formula is C40H53N3O9S. The molecule has 3 saturated carbocycles. The first-order valence-electron chi connectivity index (χ1n) is 19.2. The average molecular weight is 752 g/mol. The number of carbonyl (C=O) groups excluding carboxylic acids is 5. The first-order chi connectivity index (χ1) is 24.9. The Morgan fingerprint density at radius 2 is 1.79 bits per heavy atom. The summed E-state index contributed by atoms with van der Waals surface area (Å²) < 4.78 is 39.7. The van der Waals surface area contributed by atoms with Gasteiger partial charge >= 0.3 is 12.1 Å². The van der Waals surface area contributed by atoms with Crippen molar-refractivity contribution in [3.8, 4) is 0 Å². The smallest absolute Gasteiger partial charge is 0.410 e. The molecule has 0 unspecified atom stereocenters. The van der Waals surface area contributed by atoms with Crippen LogP contribution >= 0.6 is 0 Å². The SMILES string of the molecule is C=C[C@@H]1C[C@]1(CC(=O)[C@@H]1C[C@@H]2CN1C(=O)[C@H](C(C)(C)C)CC(=O)O[C@]1(C)C[C@H]1CCCCc1cccc3c1CN(C3)C(=O)O2)C(=O)NS(=O)(=O)C1CC1. The van der Waals surface area contributed by atoms with E-state index in [1.165, 1.54) is 10.5 Å². The molecule has 3 heterocycles. The molecule has 0 radical (unpaired) electrons. The normalized spacial score (nSPS) is 33.4. The Bertz CT molecular complexity index is 1830. The molecular weight excluding hydrogens is 699 g/mol. The van der Waals surface area contributed by atoms with E-state index in [1.54, 1.807) is 11.0 Å². The number of sulfonamides is 1. The Kier molecular flexibility index (Phi) is 9.59. The van der Waals surface area contributed by atoms with Crippen molar-refractivity contribution in [3.63, 3.8) is 0 Å². The minimum atomic E-state index is -3.86. The van der Waals surface area contributed by atoms with Gasteiger partial charge in [-0.1, -0.05) is 51.5 Å². The van der Waals surface area contributed by atoms with Gasteiger partial charge in [-0.2, -0.15) is 0 Å². The van der Waals surface area contributed by atoms with Crippen LogP contribution in [-0.2, 0) is 58.2 Å². The Morgan fingerprint density at radius 1 is 1.06 bits per heavy atom. The molecule has 1 aromatic rings. The topological polar surface area (TPSA) is 156 Å². The Balaban J connectivity index is 1.16. The number of benzene rings is 1. The number of Topliss-reactive ketones (excluding diaryl/α,β-unsaturated/α-hetero) is 1. The summed E-state index contributed by atoms with van der Waals surface area (Å²) >= 11 is 0. The van der Waals surface area contributed by atoms with Crippen LogP contribution in [0.3, 0.4) is 0 Å². The first kappa shape index (κ1) is 37.6. The summed E-state index contributed by atoms with van der Waals surface area (Å²) in [4.78, 5) is 72.8. The quantitative estimate of drug-likeness (QED) is 0.300. The summed E-state index contributed by atoms with van der Waals surface area (Å²) in [7, 11) is -3.86. The maximum atomic E-state index is 14.6. The summed E-state index contributed by atoms with van der Waals surface area (Å²) in [5.74, 6) is -3.07. The fourth-order valence-corrected chi connectivity index (χ4v) is 10.3. The number of nitrogens with zero attached hydrogens (tertiary/aromatic N) is 2. The van der Waals surface area contributed by atoms with E-state index in [-0.39, 0.29) is 38.1 Å². The summed E-state index contributed by atoms with van der Waals surface area (Å²) in [6.45, 7) is 12.1. The fourth-order valence-electron chi connectivity index (χ4n) is 8.91. The van der Waals surface area contributed by atoms with Crippen LogP contribution in [0.25, 0.3) is 0 Å². The Labute approximate surface area is 312 Å². The number of esters is 1. The van der Waals surface area contributed by atoms with E-state index in [0.717, 1.165) is 43.2 Å². The van der Waals surface area contributed by atoms with Gasteiger partial charge in [0, 0.05) is 31.8 Å². The van der Waals surface area contributed by atoms with E-state index in [1.807, 2.05) is 39.8 Å². The van der Waals surface area contributed by atoms with E-state index in [9.17, 15) is 32.4 Å². The van der Waals surface area contributed by atoms with Gasteiger partial charge in [0.05, 0.1) is 35.6 Å². The van der Waals surface area contributed by atoms with Gasteiger partial charge in [0.1, 0.15) is 11.7 Å². The van der Waals surface area contributed by atoms with E-state index < -0.39 is 85.3 Å². The van der Waals surface area contributed by atoms with Crippen molar-refractivity contribution < 1.29 is 41.9 Å². The number of rotatable bonds is 7. The lowest BCUT2D eigenvalue weighted by Crippen LogP contribution is -2.48. The van der Waals surface area contributed by atoms with Crippen molar-refractivity contribution in [3.05, 3.63) is 47.5 Å². The first-order valence-corrected chi connectivity index (χ1v) is 20.8. The monoisotopic (exact) mass is 751 g/mol. The number of carbonyl (C=O) groups is 5. The van der Waals surface area contributed by atoms with Gasteiger partial charge in [-0.15, -0.1) is 6.58 Å². The van der Waals surface area contributed by atoms with Crippen LogP contribution in [0.2, 0.25) is 0 Å². The third-order valence-corrected chi connectivity index (χ3v) is 14.6. The lowest BCUT2D eigenvalue weighted by Gasteiger charge is -2.35. The van der Waals surface area contributed by atoms with Crippen LogP contribution in [0.1, 0.15) is 109 Å². The molecule has 6 aliphatic rings. The molecule has 3 aliphatic carbocycles. The average Bonchev–Trinajstić information content (AvgIpc) is 4.04. The molecule has 0 spiro atoms. The number of hydrogen-bond acceptors (Lipinski definition) is 9. The van der Waals surface area contributed by atoms with Gasteiger partial charge in [-0.25, -0.2) is 13.2 Å². The molecule has 1 saturated heterocycles. The molecule has 12 nitrogen and oxygen atoms in total. The zero-order valence-electron chi connectivity index (χ0n) is 31.4. The van der Waals surface area contributed by atoms with E-state index >= 15 is 0 Å². The van der Waals surface area contributed by atoms with Crippen LogP contribution in [-0.4, -0.2) is 77.4 Å². The van der Waals surface area contributed by atoms with Crippen molar-refractivity contribution in [2.45, 2.75) is 134 Å². The lowest BCUT2D eigenvalue weighted by atomic mass is 9.77. The predicted octanol–water partition coefficient (Wildman–Crippen LogP) is 4.97. The van der Waals surface area contributed by atoms with E-state index in [0.29, 0.717) is 25.9 Å². The highest BCUT2D eigenvalue weighted by Gasteiger charge is 2.62. The standard InChI is InChI=1S/C40H53N3O9S/c1-6-26-19-40(26,36(47)41-53(49,50)29-14-15-29)20-33(44)32-16-28-22-43(32)35(46)31(38(2,3)4)17-34(45)52-39(5)18-27(39)13-8-7-10-24-11-9-12-25-21-42(23-30(24)25)37(48)51-28/h6,9,11-12,26-29,31-32H,1,7-8,10,13-23H2,2-5H3,(H,41,47)/t26-,27-,28-,31-,32+,39-,40-/m1/s1. The third kappa shape index (κ3) is 7.51. The molecule has 4 fully saturated rings. The van der Waals surface area contributed by atoms with Crippen molar-refractivity contribution >= 4 is 39.7 Å². The van der Waals surface area contributed by atoms with Crippen molar-refractivity contribution in [2.24, 2.45) is 28.6 Å². The van der Waals surface area contributed by atoms with E-state index in [2.05, 4.69) is 17.4 Å². The van der Waals surface area contributed by atoms with Gasteiger partial charge in [-0.05, 0) is 79.9 Å². The molecule has 7 atom stereocenters. The summed E-state index contributed by atoms with van der Waals surface area (Å²) in [5.41, 5.74) is 0.829. The molecule has 0 aromatic heterocycles. The van der Waals surface area contributed by atoms with E-state index in [4.69, 9.17) is 9.47 Å². The second-order valence-electron chi connectivity index (χ2n) is 17.7. The van der Waals surface area contributed by atoms with Gasteiger partial charge < -0.3 is 14.4 Å². The Hall–Kier alpha value is -3.74. The highest BCUT2D eigenvalue weighted by Crippen LogP contribution is 2.57. The fraction of sp³-hybridized carbons (Fsp3) is 0.675. The molecule has 7 rings (SSSR count). The van der Waals surface area contributed by atoms with Gasteiger partial charge in [0.15, 0.2) is 5.78 Å². The number of hydrogen-bond donors (Lipinski definition) is 1. The second-order valence-corrected chi connectivity index (χ2v) is 19.7. The number of amides is 3. The van der Waals surface area contributed by atoms with Crippen LogP contribution in [0.4, 0.5) is 4.79 Å². The largest absolute Gasteiger partial charge is 0.459 e. The minimum absolute atomic E-state index is 0.0141. The van der Waals surface area contributed by atoms with Crippen LogP contribution in [0.5, 0.6) is 0 Å². The van der Waals surface area contributed by atoms with Crippen molar-refractivity contribution in [1.82, 2.24) is 14.5 Å². The van der Waals surface area contributed by atoms with Crippen molar-refractivity contribution in [2.75, 3.05) is 6.54 Å². The van der Waals surface area contributed by atoms with Crippen LogP contribution in [0.15, 0.2) is 30.9 Å². The van der Waals surface area contributed by atoms with Gasteiger partial charge in [0.2, 0.25) is 21.8 Å². The summed E-state index contributed by atoms with van der Waals surface area (Å²) in [6, 6.07) is 5.09. The number of fused-ring (bicyclic) bond motifs is 4. The van der Waals surface area contributed by atoms with Crippen molar-refractivity contribution in [1.29, 1.82) is 0 Å². The molecule has 53 heavy (non-hydrogen) atoms. The Morgan fingerprint density at radius 3 is 2.47 bits per heavy atom. The molecule has 3 aliphatic heterocycles. The molecule has 4 bridgehead atoms. The molecule has 3 amide bonds. The highest BCUT2D eigenvalue weighted by atomic mass is 32.2. The number of allylic oxidation sites excluding steroid dienone is 1. The zero-order valence-corrected chi connectivity index (χ0v) is 32.2. The summed E-state index contributed by atoms with van der Waals surface area (Å²) in [6.07, 6.45) is 5.48. The minimum Gasteiger partial charge on any atom is -0.459 e. The molecule has 13 heteroatoms. The van der Waals surface area contributed by atoms with Gasteiger partial charge in [0.25, 0.3) is 0 Å². The number of ketones is 1. The maximum Gasteiger partial charge on any atom is 0.410 e. The second kappa shape index (κ2) is 13.5. The summed E-state index contributed by atoms with van der Waals surface area (Å²) in [5, 5.41) is -0.616. The molecule has 288 valence electrons. The molecule has 1 N–H and O–H groups in total. The maximum absolute atomic E-state index is 14.6. The number of ether oxygens (including phenoxy) is 2. The highest BCUT2D eigenvalue weighted by molar-refractivity contribution is 7.90.